The minimum Gasteiger partial charge on any atom is -0.396 e. The minimum atomic E-state index is 0.473. The second kappa shape index (κ2) is 4.31. The van der Waals surface area contributed by atoms with Crippen LogP contribution in [0.2, 0.25) is 0 Å². The molecule has 0 saturated carbocycles. The molecule has 2 fully saturated rings. The topological polar surface area (TPSA) is 56.3 Å². The molecule has 3 heterocycles. The first-order valence-electron chi connectivity index (χ1n) is 6.37. The molecule has 1 unspecified atom stereocenters. The Labute approximate surface area is 102 Å². The zero-order valence-electron chi connectivity index (χ0n) is 10.3. The van der Waals surface area contributed by atoms with Crippen LogP contribution >= 0.6 is 0 Å². The summed E-state index contributed by atoms with van der Waals surface area (Å²) < 4.78 is 7.32. The van der Waals surface area contributed by atoms with E-state index < -0.39 is 0 Å². The summed E-state index contributed by atoms with van der Waals surface area (Å²) in [6.45, 7) is 6.03. The highest BCUT2D eigenvalue weighted by Gasteiger charge is 2.31. The lowest BCUT2D eigenvalue weighted by molar-refractivity contribution is -0.0757. The number of ether oxygens (including phenoxy) is 1. The number of nitrogen functional groups attached to an aromatic ring is 1. The van der Waals surface area contributed by atoms with E-state index in [-0.39, 0.29) is 0 Å². The normalized spacial score (nSPS) is 27.0. The quantitative estimate of drug-likeness (QED) is 0.825. The molecule has 2 N–H and O–H groups in total. The van der Waals surface area contributed by atoms with E-state index in [2.05, 4.69) is 14.7 Å². The van der Waals surface area contributed by atoms with Gasteiger partial charge in [0.2, 0.25) is 0 Å². The predicted molar refractivity (Wildman–Crippen MR) is 65.8 cm³/mol. The van der Waals surface area contributed by atoms with Crippen molar-refractivity contribution in [3.8, 4) is 0 Å². The summed E-state index contributed by atoms with van der Waals surface area (Å²) in [5.74, 6) is 0. The van der Waals surface area contributed by atoms with Gasteiger partial charge in [0, 0.05) is 12.7 Å². The Kier molecular flexibility index (Phi) is 2.80. The van der Waals surface area contributed by atoms with E-state index in [0.717, 1.165) is 31.1 Å². The van der Waals surface area contributed by atoms with Gasteiger partial charge in [0.15, 0.2) is 0 Å². The van der Waals surface area contributed by atoms with Crippen LogP contribution in [0, 0.1) is 6.92 Å². The van der Waals surface area contributed by atoms with Gasteiger partial charge < -0.3 is 10.5 Å². The fourth-order valence-corrected chi connectivity index (χ4v) is 2.65. The van der Waals surface area contributed by atoms with Gasteiger partial charge in [-0.15, -0.1) is 0 Å². The van der Waals surface area contributed by atoms with E-state index in [9.17, 15) is 0 Å². The number of anilines is 1. The molecule has 0 aliphatic carbocycles. The van der Waals surface area contributed by atoms with Crippen molar-refractivity contribution in [3.05, 3.63) is 11.9 Å². The van der Waals surface area contributed by atoms with Crippen molar-refractivity contribution in [3.63, 3.8) is 0 Å². The Bertz CT molecular complexity index is 380. The van der Waals surface area contributed by atoms with Crippen molar-refractivity contribution >= 4 is 5.69 Å². The molecule has 1 aromatic heterocycles. The summed E-state index contributed by atoms with van der Waals surface area (Å²) in [5.41, 5.74) is 7.60. The van der Waals surface area contributed by atoms with Crippen LogP contribution in [0.5, 0.6) is 0 Å². The van der Waals surface area contributed by atoms with Crippen LogP contribution in [0.4, 0.5) is 5.69 Å². The van der Waals surface area contributed by atoms with Gasteiger partial charge in [-0.2, -0.15) is 5.10 Å². The first-order chi connectivity index (χ1) is 8.24. The summed E-state index contributed by atoms with van der Waals surface area (Å²) in [6.07, 6.45) is 4.41. The molecule has 0 aromatic carbocycles. The fourth-order valence-electron chi connectivity index (χ4n) is 2.65. The van der Waals surface area contributed by atoms with Gasteiger partial charge in [-0.3, -0.25) is 9.58 Å². The average molecular weight is 236 g/mol. The number of piperidine rings is 1. The van der Waals surface area contributed by atoms with Crippen molar-refractivity contribution in [1.82, 2.24) is 14.7 Å². The zero-order valence-corrected chi connectivity index (χ0v) is 10.3. The Hall–Kier alpha value is -1.07. The monoisotopic (exact) mass is 236 g/mol. The summed E-state index contributed by atoms with van der Waals surface area (Å²) >= 11 is 0. The third kappa shape index (κ3) is 2.05. The molecule has 1 aromatic rings. The smallest absolute Gasteiger partial charge is 0.0823 e. The maximum absolute atomic E-state index is 5.86. The van der Waals surface area contributed by atoms with E-state index in [0.29, 0.717) is 12.1 Å². The Morgan fingerprint density at radius 2 is 2.24 bits per heavy atom. The molecule has 2 aliphatic heterocycles. The first-order valence-corrected chi connectivity index (χ1v) is 6.37. The number of likely N-dealkylation sites (tertiary alicyclic amines) is 1. The molecule has 2 saturated heterocycles. The molecule has 17 heavy (non-hydrogen) atoms. The minimum absolute atomic E-state index is 0.473. The highest BCUT2D eigenvalue weighted by molar-refractivity contribution is 5.39. The summed E-state index contributed by atoms with van der Waals surface area (Å²) in [7, 11) is 0. The summed E-state index contributed by atoms with van der Waals surface area (Å²) in [5, 5.41) is 4.51. The summed E-state index contributed by atoms with van der Waals surface area (Å²) in [6, 6.07) is 1.10. The van der Waals surface area contributed by atoms with Gasteiger partial charge >= 0.3 is 0 Å². The molecule has 0 bridgehead atoms. The highest BCUT2D eigenvalue weighted by Crippen LogP contribution is 2.25. The molecule has 0 amide bonds. The lowest BCUT2D eigenvalue weighted by atomic mass is 10.0. The number of nitrogens with two attached hydrogens (primary N) is 1. The van der Waals surface area contributed by atoms with Crippen LogP contribution in [0.3, 0.4) is 0 Å². The standard InChI is InChI=1S/C12H20N4O/c1-9-12(13)6-16(14-9)10-3-2-4-15(5-10)11-7-17-8-11/h6,10-11H,2-5,7-8,13H2,1H3. The number of nitrogens with zero attached hydrogens (tertiary/aromatic N) is 3. The second-order valence-electron chi connectivity index (χ2n) is 5.13. The third-order valence-corrected chi connectivity index (χ3v) is 3.89. The number of hydrogen-bond acceptors (Lipinski definition) is 4. The van der Waals surface area contributed by atoms with Crippen molar-refractivity contribution in [2.45, 2.75) is 31.8 Å². The lowest BCUT2D eigenvalue weighted by Crippen LogP contribution is -2.52. The fraction of sp³-hybridized carbons (Fsp3) is 0.750. The van der Waals surface area contributed by atoms with Crippen LogP contribution < -0.4 is 5.73 Å². The maximum atomic E-state index is 5.86. The molecule has 94 valence electrons. The first kappa shape index (κ1) is 11.0. The van der Waals surface area contributed by atoms with Crippen LogP contribution in [0.15, 0.2) is 6.20 Å². The van der Waals surface area contributed by atoms with E-state index >= 15 is 0 Å². The van der Waals surface area contributed by atoms with Crippen LogP contribution in [-0.2, 0) is 4.74 Å². The molecule has 1 atom stereocenters. The summed E-state index contributed by atoms with van der Waals surface area (Å²) in [4.78, 5) is 2.53. The van der Waals surface area contributed by atoms with Gasteiger partial charge in [0.25, 0.3) is 0 Å². The molecule has 3 rings (SSSR count). The van der Waals surface area contributed by atoms with Crippen molar-refractivity contribution in [1.29, 1.82) is 0 Å². The van der Waals surface area contributed by atoms with Crippen molar-refractivity contribution in [2.75, 3.05) is 32.0 Å². The van der Waals surface area contributed by atoms with Gasteiger partial charge in [-0.05, 0) is 26.3 Å². The van der Waals surface area contributed by atoms with Gasteiger partial charge in [-0.25, -0.2) is 0 Å². The molecule has 2 aliphatic rings. The van der Waals surface area contributed by atoms with Crippen LogP contribution in [0.1, 0.15) is 24.6 Å². The lowest BCUT2D eigenvalue weighted by Gasteiger charge is -2.42. The van der Waals surface area contributed by atoms with Crippen LogP contribution in [-0.4, -0.2) is 47.0 Å². The molecule has 5 heteroatoms. The average Bonchev–Trinajstić information content (AvgIpc) is 2.57. The molecular weight excluding hydrogens is 216 g/mol. The van der Waals surface area contributed by atoms with E-state index in [1.165, 1.54) is 19.4 Å². The molecular formula is C12H20N4O. The van der Waals surface area contributed by atoms with Gasteiger partial charge in [0.05, 0.1) is 36.7 Å². The third-order valence-electron chi connectivity index (χ3n) is 3.89. The number of aryl methyl sites for hydroxylation is 1. The zero-order chi connectivity index (χ0) is 11.8. The SMILES string of the molecule is Cc1nn(C2CCCN(C3COC3)C2)cc1N. The second-order valence-corrected chi connectivity index (χ2v) is 5.13. The van der Waals surface area contributed by atoms with E-state index in [1.54, 1.807) is 0 Å². The Morgan fingerprint density at radius 3 is 2.82 bits per heavy atom. The van der Waals surface area contributed by atoms with Crippen molar-refractivity contribution in [2.24, 2.45) is 0 Å². The van der Waals surface area contributed by atoms with E-state index in [4.69, 9.17) is 10.5 Å². The Morgan fingerprint density at radius 1 is 1.41 bits per heavy atom. The maximum Gasteiger partial charge on any atom is 0.0823 e. The van der Waals surface area contributed by atoms with Gasteiger partial charge in [0.1, 0.15) is 0 Å². The van der Waals surface area contributed by atoms with Crippen molar-refractivity contribution < 1.29 is 4.74 Å². The van der Waals surface area contributed by atoms with Gasteiger partial charge in [-0.1, -0.05) is 0 Å². The van der Waals surface area contributed by atoms with Crippen LogP contribution in [0.25, 0.3) is 0 Å². The molecule has 0 radical (unpaired) electrons. The highest BCUT2D eigenvalue weighted by atomic mass is 16.5. The molecule has 5 nitrogen and oxygen atoms in total. The molecule has 0 spiro atoms. The largest absolute Gasteiger partial charge is 0.396 e. The number of rotatable bonds is 2. The predicted octanol–water partition coefficient (Wildman–Crippen LogP) is 0.809. The number of aromatic nitrogens is 2. The Balaban J connectivity index is 1.70. The van der Waals surface area contributed by atoms with E-state index in [1.807, 2.05) is 13.1 Å². The number of hydrogen-bond donors (Lipinski definition) is 1.